The van der Waals surface area contributed by atoms with Crippen LogP contribution in [0.2, 0.25) is 0 Å². The molecule has 0 saturated heterocycles. The van der Waals surface area contributed by atoms with Gasteiger partial charge in [0, 0.05) is 6.07 Å². The lowest BCUT2D eigenvalue weighted by Crippen LogP contribution is -1.95. The summed E-state index contributed by atoms with van der Waals surface area (Å²) in [5.74, 6) is 0.276. The number of nitro groups is 1. The fraction of sp³-hybridized carbons (Fsp3) is 0.222. The molecule has 0 radical (unpaired) electrons. The molecule has 1 aromatic carbocycles. The van der Waals surface area contributed by atoms with Gasteiger partial charge in [0.1, 0.15) is 5.78 Å². The molecular weight excluding hydrogens is 202 g/mol. The van der Waals surface area contributed by atoms with Crippen LogP contribution in [0, 0.1) is 10.1 Å². The monoisotopic (exact) mass is 211 g/mol. The molecular formula is C9H9NO3S. The van der Waals surface area contributed by atoms with Crippen LogP contribution in [0.25, 0.3) is 0 Å². The van der Waals surface area contributed by atoms with Crippen molar-refractivity contribution in [3.8, 4) is 0 Å². The maximum absolute atomic E-state index is 10.7. The van der Waals surface area contributed by atoms with Gasteiger partial charge in [-0.05, 0) is 13.0 Å². The van der Waals surface area contributed by atoms with E-state index in [-0.39, 0.29) is 17.2 Å². The average Bonchev–Trinajstić information content (AvgIpc) is 2.15. The van der Waals surface area contributed by atoms with E-state index < -0.39 is 4.92 Å². The summed E-state index contributed by atoms with van der Waals surface area (Å²) >= 11 is 1.19. The first kappa shape index (κ1) is 10.7. The van der Waals surface area contributed by atoms with Crippen LogP contribution in [0.15, 0.2) is 29.2 Å². The van der Waals surface area contributed by atoms with E-state index in [9.17, 15) is 14.9 Å². The van der Waals surface area contributed by atoms with Gasteiger partial charge in [0.2, 0.25) is 0 Å². The minimum absolute atomic E-state index is 0.00755. The number of hydrogen-bond acceptors (Lipinski definition) is 4. The molecule has 0 amide bonds. The van der Waals surface area contributed by atoms with E-state index in [0.717, 1.165) is 0 Å². The Hall–Kier alpha value is -1.36. The summed E-state index contributed by atoms with van der Waals surface area (Å²) in [5.41, 5.74) is 0.0544. The third-order valence-corrected chi connectivity index (χ3v) is 2.70. The number of carbonyl (C=O) groups excluding carboxylic acids is 1. The van der Waals surface area contributed by atoms with Gasteiger partial charge in [0.25, 0.3) is 5.69 Å². The Morgan fingerprint density at radius 1 is 1.50 bits per heavy atom. The zero-order valence-corrected chi connectivity index (χ0v) is 8.41. The second kappa shape index (κ2) is 4.76. The quantitative estimate of drug-likeness (QED) is 0.435. The molecule has 0 fully saturated rings. The molecule has 0 N–H and O–H groups in total. The summed E-state index contributed by atoms with van der Waals surface area (Å²) in [6.45, 7) is 1.46. The molecule has 0 saturated carbocycles. The Balaban J connectivity index is 2.84. The summed E-state index contributed by atoms with van der Waals surface area (Å²) in [6, 6.07) is 6.40. The van der Waals surface area contributed by atoms with E-state index in [2.05, 4.69) is 0 Å². The van der Waals surface area contributed by atoms with Gasteiger partial charge < -0.3 is 0 Å². The first-order valence-corrected chi connectivity index (χ1v) is 4.95. The van der Waals surface area contributed by atoms with Crippen molar-refractivity contribution in [2.45, 2.75) is 11.8 Å². The highest BCUT2D eigenvalue weighted by molar-refractivity contribution is 8.00. The summed E-state index contributed by atoms with van der Waals surface area (Å²) in [5, 5.41) is 10.6. The molecule has 74 valence electrons. The highest BCUT2D eigenvalue weighted by Crippen LogP contribution is 2.28. The molecule has 0 aromatic heterocycles. The van der Waals surface area contributed by atoms with E-state index >= 15 is 0 Å². The number of rotatable bonds is 4. The Morgan fingerprint density at radius 3 is 2.71 bits per heavy atom. The van der Waals surface area contributed by atoms with Crippen LogP contribution >= 0.6 is 11.8 Å². The van der Waals surface area contributed by atoms with Crippen molar-refractivity contribution < 1.29 is 9.72 Å². The molecule has 1 aromatic rings. The highest BCUT2D eigenvalue weighted by Gasteiger charge is 2.12. The molecule has 0 atom stereocenters. The van der Waals surface area contributed by atoms with E-state index in [1.807, 2.05) is 0 Å². The van der Waals surface area contributed by atoms with Crippen molar-refractivity contribution in [2.75, 3.05) is 5.75 Å². The van der Waals surface area contributed by atoms with Crippen molar-refractivity contribution in [2.24, 2.45) is 0 Å². The van der Waals surface area contributed by atoms with Crippen molar-refractivity contribution in [1.29, 1.82) is 0 Å². The van der Waals surface area contributed by atoms with Gasteiger partial charge in [-0.15, -0.1) is 11.8 Å². The lowest BCUT2D eigenvalue weighted by atomic mass is 10.3. The molecule has 0 heterocycles. The van der Waals surface area contributed by atoms with E-state index in [1.165, 1.54) is 24.8 Å². The van der Waals surface area contributed by atoms with Crippen LogP contribution in [0.5, 0.6) is 0 Å². The number of ketones is 1. The van der Waals surface area contributed by atoms with Gasteiger partial charge in [-0.2, -0.15) is 0 Å². The predicted molar refractivity (Wildman–Crippen MR) is 54.5 cm³/mol. The number of thioether (sulfide) groups is 1. The van der Waals surface area contributed by atoms with Gasteiger partial charge in [-0.1, -0.05) is 12.1 Å². The van der Waals surface area contributed by atoms with Crippen molar-refractivity contribution in [3.05, 3.63) is 34.4 Å². The van der Waals surface area contributed by atoms with Crippen molar-refractivity contribution >= 4 is 23.2 Å². The number of nitrogens with zero attached hydrogens (tertiary/aromatic N) is 1. The Labute approximate surface area is 85.5 Å². The first-order chi connectivity index (χ1) is 6.61. The zero-order valence-electron chi connectivity index (χ0n) is 7.60. The van der Waals surface area contributed by atoms with Crippen LogP contribution < -0.4 is 0 Å². The molecule has 0 aliphatic carbocycles. The van der Waals surface area contributed by atoms with Crippen LogP contribution in [-0.4, -0.2) is 16.5 Å². The lowest BCUT2D eigenvalue weighted by molar-refractivity contribution is -0.387. The standard InChI is InChI=1S/C9H9NO3S/c1-7(11)6-14-9-5-3-2-4-8(9)10(12)13/h2-5H,6H2,1H3. The SMILES string of the molecule is CC(=O)CSc1ccccc1[N+](=O)[O-]. The van der Waals surface area contributed by atoms with Crippen molar-refractivity contribution in [3.63, 3.8) is 0 Å². The molecule has 5 heteroatoms. The van der Waals surface area contributed by atoms with Crippen LogP contribution in [-0.2, 0) is 4.79 Å². The number of hydrogen-bond donors (Lipinski definition) is 0. The largest absolute Gasteiger partial charge is 0.299 e. The molecule has 0 spiro atoms. The Bertz CT molecular complexity index is 365. The fourth-order valence-corrected chi connectivity index (χ4v) is 1.73. The molecule has 0 aliphatic heterocycles. The van der Waals surface area contributed by atoms with Gasteiger partial charge in [-0.25, -0.2) is 0 Å². The molecule has 0 aliphatic rings. The summed E-state index contributed by atoms with van der Waals surface area (Å²) < 4.78 is 0. The molecule has 14 heavy (non-hydrogen) atoms. The number of para-hydroxylation sites is 1. The minimum atomic E-state index is -0.442. The number of Topliss-reactive ketones (excluding diaryl/α,β-unsaturated/α-hetero) is 1. The van der Waals surface area contributed by atoms with Crippen LogP contribution in [0.1, 0.15) is 6.92 Å². The maximum Gasteiger partial charge on any atom is 0.282 e. The van der Waals surface area contributed by atoms with Gasteiger partial charge >= 0.3 is 0 Å². The summed E-state index contributed by atoms with van der Waals surface area (Å²) in [6.07, 6.45) is 0. The Kier molecular flexibility index (Phi) is 3.64. The number of benzene rings is 1. The second-order valence-electron chi connectivity index (χ2n) is 2.72. The highest BCUT2D eigenvalue weighted by atomic mass is 32.2. The number of nitro benzene ring substituents is 1. The first-order valence-electron chi connectivity index (χ1n) is 3.97. The van der Waals surface area contributed by atoms with Gasteiger partial charge in [0.05, 0.1) is 15.6 Å². The normalized spacial score (nSPS) is 9.79. The lowest BCUT2D eigenvalue weighted by Gasteiger charge is -1.99. The van der Waals surface area contributed by atoms with Crippen LogP contribution in [0.3, 0.4) is 0 Å². The minimum Gasteiger partial charge on any atom is -0.299 e. The third-order valence-electron chi connectivity index (χ3n) is 1.49. The van der Waals surface area contributed by atoms with E-state index in [1.54, 1.807) is 18.2 Å². The molecule has 4 nitrogen and oxygen atoms in total. The zero-order chi connectivity index (χ0) is 10.6. The molecule has 0 unspecified atom stereocenters. The molecule has 0 bridgehead atoms. The van der Waals surface area contributed by atoms with E-state index in [0.29, 0.717) is 4.90 Å². The fourth-order valence-electron chi connectivity index (χ4n) is 0.909. The van der Waals surface area contributed by atoms with Gasteiger partial charge in [-0.3, -0.25) is 14.9 Å². The average molecular weight is 211 g/mol. The smallest absolute Gasteiger partial charge is 0.282 e. The van der Waals surface area contributed by atoms with Gasteiger partial charge in [0.15, 0.2) is 0 Å². The van der Waals surface area contributed by atoms with E-state index in [4.69, 9.17) is 0 Å². The molecule has 1 rings (SSSR count). The summed E-state index contributed by atoms with van der Waals surface area (Å²) in [7, 11) is 0. The van der Waals surface area contributed by atoms with Crippen molar-refractivity contribution in [1.82, 2.24) is 0 Å². The predicted octanol–water partition coefficient (Wildman–Crippen LogP) is 2.28. The number of carbonyl (C=O) groups is 1. The Morgan fingerprint density at radius 2 is 2.14 bits per heavy atom. The summed E-state index contributed by atoms with van der Waals surface area (Å²) in [4.78, 5) is 21.4. The topological polar surface area (TPSA) is 60.2 Å². The second-order valence-corrected chi connectivity index (χ2v) is 3.73. The third kappa shape index (κ3) is 2.85. The maximum atomic E-state index is 10.7. The van der Waals surface area contributed by atoms with Crippen LogP contribution in [0.4, 0.5) is 5.69 Å².